The molecule has 0 bridgehead atoms. The van der Waals surface area contributed by atoms with Gasteiger partial charge in [0.05, 0.1) is 30.5 Å². The molecule has 186 valence electrons. The van der Waals surface area contributed by atoms with Crippen LogP contribution in [0.25, 0.3) is 11.3 Å². The summed E-state index contributed by atoms with van der Waals surface area (Å²) in [4.78, 5) is 47.9. The molecule has 0 atom stereocenters. The highest BCUT2D eigenvalue weighted by molar-refractivity contribution is 7.09. The molecule has 8 nitrogen and oxygen atoms in total. The van der Waals surface area contributed by atoms with Crippen molar-refractivity contribution in [3.05, 3.63) is 70.0 Å². The second-order valence-corrected chi connectivity index (χ2v) is 9.87. The summed E-state index contributed by atoms with van der Waals surface area (Å²) in [6, 6.07) is 14.7. The third kappa shape index (κ3) is 5.03. The van der Waals surface area contributed by atoms with Gasteiger partial charge in [-0.25, -0.2) is 4.98 Å². The lowest BCUT2D eigenvalue weighted by Gasteiger charge is -2.34. The highest BCUT2D eigenvalue weighted by atomic mass is 32.1. The monoisotopic (exact) mass is 504 g/mol. The van der Waals surface area contributed by atoms with Gasteiger partial charge in [0, 0.05) is 50.1 Å². The maximum Gasteiger partial charge on any atom is 0.261 e. The summed E-state index contributed by atoms with van der Waals surface area (Å²) >= 11 is 1.64. The van der Waals surface area contributed by atoms with Crippen LogP contribution in [0.3, 0.4) is 0 Å². The third-order valence-corrected chi connectivity index (χ3v) is 7.49. The number of ether oxygens (including phenoxy) is 1. The number of fused-ring (bicyclic) bond motifs is 1. The van der Waals surface area contributed by atoms with Crippen LogP contribution in [0.15, 0.2) is 53.9 Å². The van der Waals surface area contributed by atoms with Gasteiger partial charge >= 0.3 is 0 Å². The van der Waals surface area contributed by atoms with Crippen LogP contribution >= 0.6 is 11.3 Å². The van der Waals surface area contributed by atoms with Gasteiger partial charge in [-0.2, -0.15) is 0 Å². The summed E-state index contributed by atoms with van der Waals surface area (Å²) in [6.07, 6.45) is 0.792. The zero-order valence-corrected chi connectivity index (χ0v) is 21.0. The number of benzene rings is 2. The zero-order chi connectivity index (χ0) is 25.1. The van der Waals surface area contributed by atoms with E-state index in [4.69, 9.17) is 9.72 Å². The van der Waals surface area contributed by atoms with Crippen molar-refractivity contribution in [2.45, 2.75) is 19.4 Å². The normalized spacial score (nSPS) is 15.9. The van der Waals surface area contributed by atoms with Crippen molar-refractivity contribution < 1.29 is 19.1 Å². The maximum atomic E-state index is 12.7. The van der Waals surface area contributed by atoms with E-state index in [1.807, 2.05) is 29.2 Å². The van der Waals surface area contributed by atoms with Crippen molar-refractivity contribution in [1.82, 2.24) is 19.7 Å². The number of piperazine rings is 1. The van der Waals surface area contributed by atoms with E-state index in [-0.39, 0.29) is 24.3 Å². The first-order valence-electron chi connectivity index (χ1n) is 12.1. The first-order chi connectivity index (χ1) is 17.5. The summed E-state index contributed by atoms with van der Waals surface area (Å²) in [5, 5.41) is 3.12. The Bertz CT molecular complexity index is 1250. The predicted octanol–water partition coefficient (Wildman–Crippen LogP) is 3.54. The van der Waals surface area contributed by atoms with Crippen molar-refractivity contribution in [2.24, 2.45) is 0 Å². The van der Waals surface area contributed by atoms with Gasteiger partial charge in [-0.15, -0.1) is 11.3 Å². The number of thiazole rings is 1. The number of imide groups is 1. The summed E-state index contributed by atoms with van der Waals surface area (Å²) in [5.41, 5.74) is 2.87. The Kier molecular flexibility index (Phi) is 7.11. The smallest absolute Gasteiger partial charge is 0.261 e. The third-order valence-electron chi connectivity index (χ3n) is 6.65. The second-order valence-electron chi connectivity index (χ2n) is 8.93. The van der Waals surface area contributed by atoms with E-state index in [0.29, 0.717) is 37.1 Å². The van der Waals surface area contributed by atoms with Crippen LogP contribution in [-0.2, 0) is 11.3 Å². The van der Waals surface area contributed by atoms with Crippen LogP contribution in [0, 0.1) is 0 Å². The maximum absolute atomic E-state index is 12.7. The Morgan fingerprint density at radius 3 is 2.42 bits per heavy atom. The van der Waals surface area contributed by atoms with Crippen LogP contribution in [0.4, 0.5) is 0 Å². The fourth-order valence-corrected chi connectivity index (χ4v) is 5.48. The number of carbonyl (C=O) groups excluding carboxylic acids is 3. The molecule has 0 N–H and O–H groups in total. The van der Waals surface area contributed by atoms with E-state index in [9.17, 15) is 14.4 Å². The number of methoxy groups -OCH3 is 1. The Morgan fingerprint density at radius 1 is 1.00 bits per heavy atom. The molecule has 1 aromatic heterocycles. The second kappa shape index (κ2) is 10.6. The molecule has 3 amide bonds. The van der Waals surface area contributed by atoms with Gasteiger partial charge in [-0.1, -0.05) is 24.3 Å². The molecular weight excluding hydrogens is 476 g/mol. The Balaban J connectivity index is 1.06. The minimum Gasteiger partial charge on any atom is -0.497 e. The SMILES string of the molecule is COc1cccc(-c2csc(CN3CCN(C(=O)CCCN4C(=O)c5ccccc5C4=O)CC3)n2)c1. The van der Waals surface area contributed by atoms with Crippen LogP contribution < -0.4 is 4.74 Å². The number of hydrogen-bond donors (Lipinski definition) is 0. The van der Waals surface area contributed by atoms with E-state index in [1.165, 1.54) is 4.90 Å². The van der Waals surface area contributed by atoms with E-state index in [2.05, 4.69) is 10.3 Å². The fraction of sp³-hybridized carbons (Fsp3) is 0.333. The number of aromatic nitrogens is 1. The van der Waals surface area contributed by atoms with Crippen molar-refractivity contribution in [2.75, 3.05) is 39.8 Å². The summed E-state index contributed by atoms with van der Waals surface area (Å²) in [7, 11) is 1.66. The molecule has 3 aromatic rings. The molecule has 9 heteroatoms. The molecule has 5 rings (SSSR count). The van der Waals surface area contributed by atoms with Gasteiger partial charge in [-0.05, 0) is 30.7 Å². The minimum atomic E-state index is -0.270. The lowest BCUT2D eigenvalue weighted by molar-refractivity contribution is -0.133. The standard InChI is InChI=1S/C27H28N4O4S/c1-35-20-7-4-6-19(16-20)23-18-36-24(28-23)17-29-12-14-30(15-13-29)25(32)10-5-11-31-26(33)21-8-2-3-9-22(21)27(31)34/h2-4,6-9,16,18H,5,10-15,17H2,1H3. The van der Waals surface area contributed by atoms with Crippen molar-refractivity contribution in [3.8, 4) is 17.0 Å². The quantitative estimate of drug-likeness (QED) is 0.437. The average Bonchev–Trinajstić information content (AvgIpc) is 3.48. The van der Waals surface area contributed by atoms with Gasteiger partial charge in [0.2, 0.25) is 5.91 Å². The van der Waals surface area contributed by atoms with Gasteiger partial charge < -0.3 is 9.64 Å². The summed E-state index contributed by atoms with van der Waals surface area (Å²) in [6.45, 7) is 3.94. The van der Waals surface area contributed by atoms with E-state index < -0.39 is 0 Å². The molecule has 36 heavy (non-hydrogen) atoms. The lowest BCUT2D eigenvalue weighted by Crippen LogP contribution is -2.48. The molecule has 0 saturated carbocycles. The van der Waals surface area contributed by atoms with E-state index in [1.54, 1.807) is 42.7 Å². The van der Waals surface area contributed by atoms with Crippen molar-refractivity contribution >= 4 is 29.1 Å². The van der Waals surface area contributed by atoms with Gasteiger partial charge in [0.1, 0.15) is 10.8 Å². The molecule has 0 radical (unpaired) electrons. The molecule has 2 aliphatic heterocycles. The lowest BCUT2D eigenvalue weighted by atomic mass is 10.1. The van der Waals surface area contributed by atoms with Crippen molar-refractivity contribution in [1.29, 1.82) is 0 Å². The van der Waals surface area contributed by atoms with E-state index >= 15 is 0 Å². The first kappa shape index (κ1) is 24.1. The summed E-state index contributed by atoms with van der Waals surface area (Å²) in [5.74, 6) is 0.342. The highest BCUT2D eigenvalue weighted by Gasteiger charge is 2.34. The largest absolute Gasteiger partial charge is 0.497 e. The zero-order valence-electron chi connectivity index (χ0n) is 20.2. The Hall–Kier alpha value is -3.56. The molecule has 1 saturated heterocycles. The highest BCUT2D eigenvalue weighted by Crippen LogP contribution is 2.26. The topological polar surface area (TPSA) is 83.0 Å². The molecular formula is C27H28N4O4S. The Labute approximate surface area is 214 Å². The van der Waals surface area contributed by atoms with Crippen LogP contribution in [0.5, 0.6) is 5.75 Å². The van der Waals surface area contributed by atoms with Gasteiger partial charge in [0.25, 0.3) is 11.8 Å². The predicted molar refractivity (Wildman–Crippen MR) is 137 cm³/mol. The molecule has 1 fully saturated rings. The number of rotatable bonds is 8. The molecule has 2 aliphatic rings. The average molecular weight is 505 g/mol. The number of amides is 3. The fourth-order valence-electron chi connectivity index (χ4n) is 4.63. The summed E-state index contributed by atoms with van der Waals surface area (Å²) < 4.78 is 5.31. The Morgan fingerprint density at radius 2 is 1.72 bits per heavy atom. The minimum absolute atomic E-state index is 0.0702. The molecule has 3 heterocycles. The van der Waals surface area contributed by atoms with Crippen LogP contribution in [-0.4, -0.2) is 77.2 Å². The molecule has 0 unspecified atom stereocenters. The number of hydrogen-bond acceptors (Lipinski definition) is 7. The number of carbonyl (C=O) groups is 3. The molecule has 2 aromatic carbocycles. The molecule has 0 aliphatic carbocycles. The first-order valence-corrected chi connectivity index (χ1v) is 13.0. The molecule has 0 spiro atoms. The van der Waals surface area contributed by atoms with Crippen molar-refractivity contribution in [3.63, 3.8) is 0 Å². The van der Waals surface area contributed by atoms with Crippen LogP contribution in [0.2, 0.25) is 0 Å². The van der Waals surface area contributed by atoms with E-state index in [0.717, 1.165) is 41.6 Å². The van der Waals surface area contributed by atoms with Crippen LogP contribution in [0.1, 0.15) is 38.6 Å². The van der Waals surface area contributed by atoms with Gasteiger partial charge in [-0.3, -0.25) is 24.2 Å². The van der Waals surface area contributed by atoms with Gasteiger partial charge in [0.15, 0.2) is 0 Å². The number of nitrogens with zero attached hydrogens (tertiary/aromatic N) is 4.